The predicted molar refractivity (Wildman–Crippen MR) is 112 cm³/mol. The van der Waals surface area contributed by atoms with Crippen molar-refractivity contribution in [1.29, 1.82) is 0 Å². The van der Waals surface area contributed by atoms with E-state index in [4.69, 9.17) is 16.3 Å². The first-order valence-electron chi connectivity index (χ1n) is 8.73. The molecule has 0 aliphatic heterocycles. The van der Waals surface area contributed by atoms with Crippen molar-refractivity contribution in [3.63, 3.8) is 0 Å². The summed E-state index contributed by atoms with van der Waals surface area (Å²) in [6.07, 6.45) is 0. The number of nitrogens with one attached hydrogen (secondary N) is 1. The number of amides is 1. The number of aromatic nitrogens is 3. The van der Waals surface area contributed by atoms with Gasteiger partial charge in [0.05, 0.1) is 5.25 Å². The lowest BCUT2D eigenvalue weighted by molar-refractivity contribution is -0.115. The van der Waals surface area contributed by atoms with Crippen LogP contribution in [0.2, 0.25) is 5.02 Å². The van der Waals surface area contributed by atoms with Gasteiger partial charge in [0.15, 0.2) is 11.0 Å². The number of carbonyl (C=O) groups excluding carboxylic acids is 1. The number of ether oxygens (including phenoxy) is 1. The molecule has 3 aromatic rings. The number of thioether (sulfide) groups is 1. The van der Waals surface area contributed by atoms with Crippen molar-refractivity contribution in [1.82, 2.24) is 14.8 Å². The number of halogens is 1. The minimum Gasteiger partial charge on any atom is -0.486 e. The summed E-state index contributed by atoms with van der Waals surface area (Å²) in [7, 11) is 1.86. The van der Waals surface area contributed by atoms with E-state index in [0.717, 1.165) is 11.3 Å². The largest absolute Gasteiger partial charge is 0.486 e. The fraction of sp³-hybridized carbons (Fsp3) is 0.250. The number of benzene rings is 2. The molecule has 1 atom stereocenters. The van der Waals surface area contributed by atoms with Gasteiger partial charge < -0.3 is 14.6 Å². The molecular formula is C20H21ClN4O2S. The number of hydrogen-bond acceptors (Lipinski definition) is 5. The number of anilines is 1. The van der Waals surface area contributed by atoms with Gasteiger partial charge in [-0.1, -0.05) is 35.5 Å². The second kappa shape index (κ2) is 9.12. The fourth-order valence-electron chi connectivity index (χ4n) is 2.43. The molecular weight excluding hydrogens is 396 g/mol. The first-order chi connectivity index (χ1) is 13.4. The van der Waals surface area contributed by atoms with Crippen molar-refractivity contribution in [2.75, 3.05) is 5.32 Å². The average molecular weight is 417 g/mol. The molecule has 0 radical (unpaired) electrons. The summed E-state index contributed by atoms with van der Waals surface area (Å²) in [4.78, 5) is 12.5. The summed E-state index contributed by atoms with van der Waals surface area (Å²) in [5, 5.41) is 12.3. The van der Waals surface area contributed by atoms with E-state index >= 15 is 0 Å². The quantitative estimate of drug-likeness (QED) is 0.575. The first kappa shape index (κ1) is 20.2. The van der Waals surface area contributed by atoms with Crippen LogP contribution in [-0.2, 0) is 18.4 Å². The molecule has 0 saturated heterocycles. The third-order valence-electron chi connectivity index (χ3n) is 4.04. The van der Waals surface area contributed by atoms with Crippen LogP contribution in [0, 0.1) is 6.92 Å². The van der Waals surface area contributed by atoms with Crippen LogP contribution in [0.1, 0.15) is 18.3 Å². The summed E-state index contributed by atoms with van der Waals surface area (Å²) in [6, 6.07) is 14.8. The minimum atomic E-state index is -0.326. The predicted octanol–water partition coefficient (Wildman–Crippen LogP) is 4.48. The van der Waals surface area contributed by atoms with Gasteiger partial charge in [0, 0.05) is 17.8 Å². The highest BCUT2D eigenvalue weighted by atomic mass is 35.5. The fourth-order valence-corrected chi connectivity index (χ4v) is 3.39. The number of nitrogens with zero attached hydrogens (tertiary/aromatic N) is 3. The van der Waals surface area contributed by atoms with Crippen LogP contribution in [-0.4, -0.2) is 25.9 Å². The molecule has 0 bridgehead atoms. The van der Waals surface area contributed by atoms with Crippen molar-refractivity contribution in [3.8, 4) is 5.75 Å². The summed E-state index contributed by atoms with van der Waals surface area (Å²) >= 11 is 7.22. The highest BCUT2D eigenvalue weighted by Crippen LogP contribution is 2.23. The van der Waals surface area contributed by atoms with Crippen LogP contribution in [0.4, 0.5) is 5.69 Å². The number of aryl methyl sites for hydroxylation is 1. The monoisotopic (exact) mass is 416 g/mol. The molecule has 2 aromatic carbocycles. The van der Waals surface area contributed by atoms with E-state index in [1.165, 1.54) is 11.8 Å². The Morgan fingerprint density at radius 2 is 2.00 bits per heavy atom. The molecule has 3 rings (SSSR count). The van der Waals surface area contributed by atoms with E-state index in [2.05, 4.69) is 15.5 Å². The summed E-state index contributed by atoms with van der Waals surface area (Å²) in [5.74, 6) is 1.29. The molecule has 0 saturated carbocycles. The number of rotatable bonds is 7. The van der Waals surface area contributed by atoms with Gasteiger partial charge in [0.25, 0.3) is 0 Å². The molecule has 0 aliphatic carbocycles. The SMILES string of the molecule is Cc1cccc(NC(=O)[C@H](C)Sc2nnc(COc3ccc(Cl)cc3)n2C)c1. The van der Waals surface area contributed by atoms with Crippen LogP contribution in [0.3, 0.4) is 0 Å². The zero-order chi connectivity index (χ0) is 20.1. The van der Waals surface area contributed by atoms with Crippen LogP contribution >= 0.6 is 23.4 Å². The molecule has 1 N–H and O–H groups in total. The van der Waals surface area contributed by atoms with E-state index in [-0.39, 0.29) is 17.8 Å². The Hall–Kier alpha value is -2.51. The lowest BCUT2D eigenvalue weighted by atomic mass is 10.2. The van der Waals surface area contributed by atoms with Gasteiger partial charge in [0.1, 0.15) is 12.4 Å². The second-order valence-electron chi connectivity index (χ2n) is 6.32. The van der Waals surface area contributed by atoms with Crippen molar-refractivity contribution in [2.24, 2.45) is 7.05 Å². The molecule has 1 heterocycles. The van der Waals surface area contributed by atoms with Crippen LogP contribution < -0.4 is 10.1 Å². The highest BCUT2D eigenvalue weighted by molar-refractivity contribution is 8.00. The van der Waals surface area contributed by atoms with Gasteiger partial charge in [-0.15, -0.1) is 10.2 Å². The highest BCUT2D eigenvalue weighted by Gasteiger charge is 2.19. The Bertz CT molecular complexity index is 959. The zero-order valence-corrected chi connectivity index (χ0v) is 17.4. The zero-order valence-electron chi connectivity index (χ0n) is 15.8. The molecule has 0 unspecified atom stereocenters. The van der Waals surface area contributed by atoms with Crippen LogP contribution in [0.25, 0.3) is 0 Å². The van der Waals surface area contributed by atoms with E-state index < -0.39 is 0 Å². The van der Waals surface area contributed by atoms with Crippen LogP contribution in [0.5, 0.6) is 5.75 Å². The van der Waals surface area contributed by atoms with Crippen LogP contribution in [0.15, 0.2) is 53.7 Å². The lowest BCUT2D eigenvalue weighted by Crippen LogP contribution is -2.22. The normalized spacial score (nSPS) is 11.9. The Labute approximate surface area is 173 Å². The molecule has 0 fully saturated rings. The molecule has 146 valence electrons. The maximum Gasteiger partial charge on any atom is 0.237 e. The van der Waals surface area contributed by atoms with Crippen molar-refractivity contribution in [2.45, 2.75) is 30.9 Å². The molecule has 1 amide bonds. The molecule has 1 aromatic heterocycles. The lowest BCUT2D eigenvalue weighted by Gasteiger charge is -2.12. The summed E-state index contributed by atoms with van der Waals surface area (Å²) in [6.45, 7) is 4.10. The summed E-state index contributed by atoms with van der Waals surface area (Å²) < 4.78 is 7.54. The Kier molecular flexibility index (Phi) is 6.59. The topological polar surface area (TPSA) is 69.0 Å². The Balaban J connectivity index is 1.58. The van der Waals surface area contributed by atoms with E-state index in [9.17, 15) is 4.79 Å². The van der Waals surface area contributed by atoms with Gasteiger partial charge in [-0.25, -0.2) is 0 Å². The maximum atomic E-state index is 12.5. The minimum absolute atomic E-state index is 0.0856. The van der Waals surface area contributed by atoms with Gasteiger partial charge in [-0.2, -0.15) is 0 Å². The Morgan fingerprint density at radius 1 is 1.25 bits per heavy atom. The van der Waals surface area contributed by atoms with E-state index in [1.807, 2.05) is 49.7 Å². The Morgan fingerprint density at radius 3 is 2.71 bits per heavy atom. The third-order valence-corrected chi connectivity index (χ3v) is 5.43. The van der Waals surface area contributed by atoms with Gasteiger partial charge in [-0.3, -0.25) is 4.79 Å². The standard InChI is InChI=1S/C20H21ClN4O2S/c1-13-5-4-6-16(11-13)22-19(26)14(2)28-20-24-23-18(25(20)3)12-27-17-9-7-15(21)8-10-17/h4-11,14H,12H2,1-3H3,(H,22,26)/t14-/m0/s1. The smallest absolute Gasteiger partial charge is 0.237 e. The maximum absolute atomic E-state index is 12.5. The van der Waals surface area contributed by atoms with Crippen molar-refractivity contribution in [3.05, 3.63) is 64.9 Å². The van der Waals surface area contributed by atoms with Crippen molar-refractivity contribution < 1.29 is 9.53 Å². The molecule has 0 aliphatic rings. The molecule has 0 spiro atoms. The number of carbonyl (C=O) groups is 1. The van der Waals surface area contributed by atoms with Gasteiger partial charge in [0.2, 0.25) is 5.91 Å². The molecule has 8 heteroatoms. The average Bonchev–Trinajstić information content (AvgIpc) is 3.01. The second-order valence-corrected chi connectivity index (χ2v) is 8.06. The van der Waals surface area contributed by atoms with E-state index in [0.29, 0.717) is 21.8 Å². The molecule has 6 nitrogen and oxygen atoms in total. The number of hydrogen-bond donors (Lipinski definition) is 1. The van der Waals surface area contributed by atoms with Gasteiger partial charge >= 0.3 is 0 Å². The van der Waals surface area contributed by atoms with Crippen molar-refractivity contribution >= 4 is 35.0 Å². The first-order valence-corrected chi connectivity index (χ1v) is 9.99. The third kappa shape index (κ3) is 5.27. The summed E-state index contributed by atoms with van der Waals surface area (Å²) in [5.41, 5.74) is 1.88. The van der Waals surface area contributed by atoms with E-state index in [1.54, 1.807) is 24.3 Å². The van der Waals surface area contributed by atoms with Gasteiger partial charge in [-0.05, 0) is 55.8 Å². The molecule has 28 heavy (non-hydrogen) atoms.